The molecule has 4 N–H and O–H groups in total. The van der Waals surface area contributed by atoms with Crippen molar-refractivity contribution in [3.8, 4) is 5.75 Å². The van der Waals surface area contributed by atoms with Gasteiger partial charge in [0.25, 0.3) is 11.6 Å². The van der Waals surface area contributed by atoms with Crippen molar-refractivity contribution in [1.29, 1.82) is 0 Å². The molecule has 0 aliphatic carbocycles. The second kappa shape index (κ2) is 4.60. The number of aliphatic hydroxyl groups excluding tert-OH is 1. The lowest BCUT2D eigenvalue weighted by molar-refractivity contribution is -0.386. The number of nitrogens with zero attached hydrogens (tertiary/aromatic N) is 1. The number of aliphatic hydroxyl groups is 1. The van der Waals surface area contributed by atoms with Crippen LogP contribution in [0, 0.1) is 10.1 Å². The zero-order valence-corrected chi connectivity index (χ0v) is 8.51. The molecule has 1 aromatic rings. The van der Waals surface area contributed by atoms with Crippen molar-refractivity contribution in [1.82, 2.24) is 0 Å². The van der Waals surface area contributed by atoms with Crippen LogP contribution in [0.4, 0.5) is 14.5 Å². The van der Waals surface area contributed by atoms with Crippen LogP contribution < -0.4 is 5.73 Å². The van der Waals surface area contributed by atoms with E-state index in [0.29, 0.717) is 0 Å². The molecule has 6 nitrogen and oxygen atoms in total. The van der Waals surface area contributed by atoms with Crippen LogP contribution in [0.5, 0.6) is 5.75 Å². The molecule has 0 saturated carbocycles. The molecule has 94 valence electrons. The summed E-state index contributed by atoms with van der Waals surface area (Å²) in [5.41, 5.74) is 4.00. The monoisotopic (exact) mass is 248 g/mol. The number of rotatable bonds is 4. The summed E-state index contributed by atoms with van der Waals surface area (Å²) in [6, 6.07) is 0.579. The predicted molar refractivity (Wildman–Crippen MR) is 53.7 cm³/mol. The third kappa shape index (κ3) is 2.66. The summed E-state index contributed by atoms with van der Waals surface area (Å²) in [5, 5.41) is 28.2. The van der Waals surface area contributed by atoms with Crippen LogP contribution in [0.2, 0.25) is 0 Å². The number of phenols is 1. The van der Waals surface area contributed by atoms with Gasteiger partial charge in [-0.25, -0.2) is 8.78 Å². The van der Waals surface area contributed by atoms with Crippen molar-refractivity contribution >= 4 is 5.69 Å². The van der Waals surface area contributed by atoms with E-state index in [4.69, 9.17) is 15.9 Å². The molecule has 0 aliphatic rings. The van der Waals surface area contributed by atoms with Crippen molar-refractivity contribution < 1.29 is 23.9 Å². The Morgan fingerprint density at radius 3 is 2.59 bits per heavy atom. The second-order valence-corrected chi connectivity index (χ2v) is 3.40. The second-order valence-electron chi connectivity index (χ2n) is 3.40. The maximum Gasteiger partial charge on any atom is 0.289 e. The number of phenolic OH excluding ortho intramolecular Hbond substituents is 1. The molecular weight excluding hydrogens is 238 g/mol. The Morgan fingerprint density at radius 1 is 1.53 bits per heavy atom. The number of halogens is 2. The molecule has 0 saturated heterocycles. The highest BCUT2D eigenvalue weighted by Gasteiger charge is 2.40. The average Bonchev–Trinajstić information content (AvgIpc) is 2.27. The van der Waals surface area contributed by atoms with Gasteiger partial charge in [-0.3, -0.25) is 10.1 Å². The average molecular weight is 248 g/mol. The van der Waals surface area contributed by atoms with Crippen LogP contribution in [0.15, 0.2) is 18.2 Å². The lowest BCUT2D eigenvalue weighted by Crippen LogP contribution is -2.36. The lowest BCUT2D eigenvalue weighted by atomic mass is 10.00. The standard InChI is InChI=1S/C9H10F2N2O4/c10-9(11,4-14)8(12)6-3-5(15)1-2-7(6)13(16)17/h1-3,8,14-15H,4,12H2/t8-/m1/s1. The van der Waals surface area contributed by atoms with Gasteiger partial charge in [0.15, 0.2) is 0 Å². The third-order valence-electron chi connectivity index (χ3n) is 2.21. The summed E-state index contributed by atoms with van der Waals surface area (Å²) in [7, 11) is 0. The summed E-state index contributed by atoms with van der Waals surface area (Å²) in [6.45, 7) is -1.54. The fourth-order valence-electron chi connectivity index (χ4n) is 1.28. The summed E-state index contributed by atoms with van der Waals surface area (Å²) in [4.78, 5) is 9.73. The number of nitro groups is 1. The number of nitrogens with two attached hydrogens (primary N) is 1. The molecule has 0 aromatic heterocycles. The van der Waals surface area contributed by atoms with Gasteiger partial charge in [0.05, 0.1) is 10.5 Å². The fourth-order valence-corrected chi connectivity index (χ4v) is 1.28. The van der Waals surface area contributed by atoms with Gasteiger partial charge in [0.2, 0.25) is 0 Å². The fraction of sp³-hybridized carbons (Fsp3) is 0.333. The number of hydrogen-bond donors (Lipinski definition) is 3. The van der Waals surface area contributed by atoms with Crippen molar-refractivity contribution in [2.24, 2.45) is 5.73 Å². The van der Waals surface area contributed by atoms with E-state index in [0.717, 1.165) is 18.2 Å². The van der Waals surface area contributed by atoms with E-state index in [1.165, 1.54) is 0 Å². The molecule has 0 heterocycles. The summed E-state index contributed by atoms with van der Waals surface area (Å²) >= 11 is 0. The van der Waals surface area contributed by atoms with Crippen LogP contribution >= 0.6 is 0 Å². The topological polar surface area (TPSA) is 110 Å². The normalized spacial score (nSPS) is 13.4. The number of aromatic hydroxyl groups is 1. The zero-order valence-electron chi connectivity index (χ0n) is 8.51. The highest BCUT2D eigenvalue weighted by molar-refractivity contribution is 5.47. The Kier molecular flexibility index (Phi) is 3.59. The summed E-state index contributed by atoms with van der Waals surface area (Å²) in [6.07, 6.45) is 0. The lowest BCUT2D eigenvalue weighted by Gasteiger charge is -2.21. The van der Waals surface area contributed by atoms with Gasteiger partial charge in [-0.05, 0) is 12.1 Å². The van der Waals surface area contributed by atoms with Crippen molar-refractivity contribution in [2.75, 3.05) is 6.61 Å². The quantitative estimate of drug-likeness (QED) is 0.542. The molecule has 0 amide bonds. The zero-order chi connectivity index (χ0) is 13.2. The van der Waals surface area contributed by atoms with Gasteiger partial charge in [0.1, 0.15) is 18.4 Å². The number of nitro benzene ring substituents is 1. The van der Waals surface area contributed by atoms with E-state index in [1.54, 1.807) is 0 Å². The van der Waals surface area contributed by atoms with E-state index in [9.17, 15) is 18.9 Å². The van der Waals surface area contributed by atoms with Crippen molar-refractivity contribution in [3.05, 3.63) is 33.9 Å². The van der Waals surface area contributed by atoms with Gasteiger partial charge < -0.3 is 15.9 Å². The SMILES string of the molecule is N[C@H](c1cc(O)ccc1[N+](=O)[O-])C(F)(F)CO. The van der Waals surface area contributed by atoms with E-state index in [-0.39, 0.29) is 0 Å². The van der Waals surface area contributed by atoms with Crippen LogP contribution in [0.25, 0.3) is 0 Å². The molecule has 0 radical (unpaired) electrons. The first-order valence-electron chi connectivity index (χ1n) is 4.51. The number of hydrogen-bond acceptors (Lipinski definition) is 5. The van der Waals surface area contributed by atoms with Gasteiger partial charge in [-0.1, -0.05) is 0 Å². The van der Waals surface area contributed by atoms with E-state index >= 15 is 0 Å². The first-order chi connectivity index (χ1) is 7.79. The summed E-state index contributed by atoms with van der Waals surface area (Å²) < 4.78 is 26.3. The molecule has 1 atom stereocenters. The Hall–Kier alpha value is -1.80. The van der Waals surface area contributed by atoms with Crippen LogP contribution in [0.3, 0.4) is 0 Å². The molecule has 1 rings (SSSR count). The largest absolute Gasteiger partial charge is 0.508 e. The van der Waals surface area contributed by atoms with E-state index in [2.05, 4.69) is 0 Å². The number of alkyl halides is 2. The Balaban J connectivity index is 3.29. The highest BCUT2D eigenvalue weighted by Crippen LogP contribution is 2.35. The smallest absolute Gasteiger partial charge is 0.289 e. The van der Waals surface area contributed by atoms with Crippen molar-refractivity contribution in [2.45, 2.75) is 12.0 Å². The Bertz CT molecular complexity index is 439. The van der Waals surface area contributed by atoms with Crippen molar-refractivity contribution in [3.63, 3.8) is 0 Å². The van der Waals surface area contributed by atoms with Crippen LogP contribution in [0.1, 0.15) is 11.6 Å². The van der Waals surface area contributed by atoms with Crippen LogP contribution in [-0.4, -0.2) is 27.7 Å². The molecule has 17 heavy (non-hydrogen) atoms. The van der Waals surface area contributed by atoms with E-state index < -0.39 is 40.5 Å². The van der Waals surface area contributed by atoms with Gasteiger partial charge >= 0.3 is 0 Å². The molecule has 1 aromatic carbocycles. The minimum atomic E-state index is -3.71. The minimum Gasteiger partial charge on any atom is -0.508 e. The number of benzene rings is 1. The van der Waals surface area contributed by atoms with Gasteiger partial charge in [0, 0.05) is 6.07 Å². The molecule has 0 aliphatic heterocycles. The molecular formula is C9H10F2N2O4. The Labute approximate surface area is 94.4 Å². The molecule has 0 bridgehead atoms. The third-order valence-corrected chi connectivity index (χ3v) is 2.21. The first-order valence-corrected chi connectivity index (χ1v) is 4.51. The molecule has 8 heteroatoms. The van der Waals surface area contributed by atoms with Gasteiger partial charge in [-0.2, -0.15) is 0 Å². The molecule has 0 spiro atoms. The first kappa shape index (κ1) is 13.3. The summed E-state index contributed by atoms with van der Waals surface area (Å²) in [5.74, 6) is -4.13. The minimum absolute atomic E-state index is 0.421. The molecule has 0 fully saturated rings. The van der Waals surface area contributed by atoms with E-state index in [1.807, 2.05) is 0 Å². The molecule has 0 unspecified atom stereocenters. The maximum atomic E-state index is 13.1. The highest BCUT2D eigenvalue weighted by atomic mass is 19.3. The maximum absolute atomic E-state index is 13.1. The predicted octanol–water partition coefficient (Wildman–Crippen LogP) is 0.928. The van der Waals surface area contributed by atoms with Crippen LogP contribution in [-0.2, 0) is 0 Å². The Morgan fingerprint density at radius 2 is 2.12 bits per heavy atom. The van der Waals surface area contributed by atoms with Gasteiger partial charge in [-0.15, -0.1) is 0 Å².